The van der Waals surface area contributed by atoms with E-state index in [-0.39, 0.29) is 12.4 Å². The van der Waals surface area contributed by atoms with Gasteiger partial charge in [0.25, 0.3) is 0 Å². The van der Waals surface area contributed by atoms with Crippen LogP contribution in [0.15, 0.2) is 0 Å². The molecule has 3 heteroatoms. The second-order valence-electron chi connectivity index (χ2n) is 2.17. The quantitative estimate of drug-likeness (QED) is 0.534. The molecule has 2 nitrogen and oxygen atoms in total. The van der Waals surface area contributed by atoms with Crippen LogP contribution in [0.25, 0.3) is 0 Å². The summed E-state index contributed by atoms with van der Waals surface area (Å²) in [5.41, 5.74) is 0. The molecule has 0 aromatic rings. The summed E-state index contributed by atoms with van der Waals surface area (Å²) in [5, 5.41) is 11.6. The van der Waals surface area contributed by atoms with Crippen LogP contribution in [0.4, 0.5) is 0 Å². The second-order valence-corrected chi connectivity index (χ2v) is 2.17. The maximum absolute atomic E-state index is 8.49. The summed E-state index contributed by atoms with van der Waals surface area (Å²) in [7, 11) is 0. The van der Waals surface area contributed by atoms with E-state index in [0.717, 1.165) is 6.54 Å². The van der Waals surface area contributed by atoms with Gasteiger partial charge in [0.1, 0.15) is 0 Å². The summed E-state index contributed by atoms with van der Waals surface area (Å²) in [6, 6.07) is 0.389. The number of rotatable bonds is 1. The summed E-state index contributed by atoms with van der Waals surface area (Å²) >= 11 is 0. The maximum Gasteiger partial charge on any atom is 0.0587 e. The topological polar surface area (TPSA) is 32.3 Å². The highest BCUT2D eigenvalue weighted by molar-refractivity contribution is 5.85. The molecule has 1 aliphatic heterocycles. The first kappa shape index (κ1) is 8.21. The average molecular weight is 138 g/mol. The van der Waals surface area contributed by atoms with E-state index in [4.69, 9.17) is 5.11 Å². The molecule has 0 aromatic heterocycles. The first-order valence-electron chi connectivity index (χ1n) is 2.69. The van der Waals surface area contributed by atoms with Crippen molar-refractivity contribution < 1.29 is 5.11 Å². The van der Waals surface area contributed by atoms with Gasteiger partial charge in [0.15, 0.2) is 0 Å². The molecular formula is C5H12ClNO. The summed E-state index contributed by atoms with van der Waals surface area (Å²) in [6.07, 6.45) is 0. The fraction of sp³-hybridized carbons (Fsp3) is 1.00. The largest absolute Gasteiger partial charge is 0.395 e. The van der Waals surface area contributed by atoms with Crippen molar-refractivity contribution in [2.45, 2.75) is 13.0 Å². The Bertz CT molecular complexity index is 67.4. The highest BCUT2D eigenvalue weighted by Gasteiger charge is 2.23. The molecule has 1 rings (SSSR count). The smallest absolute Gasteiger partial charge is 0.0587 e. The van der Waals surface area contributed by atoms with Gasteiger partial charge in [-0.15, -0.1) is 12.4 Å². The number of aliphatic hydroxyl groups is 1. The van der Waals surface area contributed by atoms with Crippen LogP contribution in [-0.2, 0) is 0 Å². The Kier molecular flexibility index (Phi) is 3.36. The SMILES string of the molecule is CC1CNC1CO.Cl. The van der Waals surface area contributed by atoms with Gasteiger partial charge in [0.05, 0.1) is 6.61 Å². The van der Waals surface area contributed by atoms with Crippen LogP contribution in [-0.4, -0.2) is 24.3 Å². The van der Waals surface area contributed by atoms with Gasteiger partial charge in [0.2, 0.25) is 0 Å². The van der Waals surface area contributed by atoms with Gasteiger partial charge in [-0.1, -0.05) is 6.92 Å². The second kappa shape index (κ2) is 3.28. The van der Waals surface area contributed by atoms with E-state index in [2.05, 4.69) is 12.2 Å². The molecular weight excluding hydrogens is 126 g/mol. The monoisotopic (exact) mass is 137 g/mol. The van der Waals surface area contributed by atoms with E-state index in [1.165, 1.54) is 0 Å². The first-order valence-corrected chi connectivity index (χ1v) is 2.69. The zero-order chi connectivity index (χ0) is 5.28. The van der Waals surface area contributed by atoms with E-state index in [1.54, 1.807) is 0 Å². The molecule has 50 valence electrons. The number of hydrogen-bond acceptors (Lipinski definition) is 2. The molecule has 1 aliphatic rings. The Labute approximate surface area is 55.7 Å². The lowest BCUT2D eigenvalue weighted by Crippen LogP contribution is -2.53. The zero-order valence-corrected chi connectivity index (χ0v) is 5.74. The summed E-state index contributed by atoms with van der Waals surface area (Å²) < 4.78 is 0. The van der Waals surface area contributed by atoms with Gasteiger partial charge >= 0.3 is 0 Å². The third-order valence-corrected chi connectivity index (χ3v) is 1.59. The van der Waals surface area contributed by atoms with Crippen LogP contribution < -0.4 is 5.32 Å². The Hall–Kier alpha value is 0.210. The minimum Gasteiger partial charge on any atom is -0.395 e. The molecule has 0 spiro atoms. The standard InChI is InChI=1S/C5H11NO.ClH/c1-4-2-6-5(4)3-7;/h4-7H,2-3H2,1H3;1H. The van der Waals surface area contributed by atoms with Gasteiger partial charge in [0, 0.05) is 6.04 Å². The molecule has 0 radical (unpaired) electrons. The number of hydrogen-bond donors (Lipinski definition) is 2. The van der Waals surface area contributed by atoms with E-state index in [9.17, 15) is 0 Å². The first-order chi connectivity index (χ1) is 3.34. The maximum atomic E-state index is 8.49. The third-order valence-electron chi connectivity index (χ3n) is 1.59. The number of halogens is 1. The lowest BCUT2D eigenvalue weighted by molar-refractivity contribution is 0.147. The van der Waals surface area contributed by atoms with E-state index < -0.39 is 0 Å². The number of aliphatic hydroxyl groups excluding tert-OH is 1. The van der Waals surface area contributed by atoms with Crippen molar-refractivity contribution in [3.63, 3.8) is 0 Å². The summed E-state index contributed by atoms with van der Waals surface area (Å²) in [5.74, 6) is 0.685. The number of nitrogens with one attached hydrogen (secondary N) is 1. The molecule has 0 aromatic carbocycles. The predicted molar refractivity (Wildman–Crippen MR) is 35.3 cm³/mol. The lowest BCUT2D eigenvalue weighted by atomic mass is 9.95. The fourth-order valence-corrected chi connectivity index (χ4v) is 0.765. The van der Waals surface area contributed by atoms with Crippen LogP contribution >= 0.6 is 12.4 Å². The highest BCUT2D eigenvalue weighted by atomic mass is 35.5. The van der Waals surface area contributed by atoms with Crippen molar-refractivity contribution in [1.82, 2.24) is 5.32 Å². The lowest BCUT2D eigenvalue weighted by Gasteiger charge is -2.33. The molecule has 0 bridgehead atoms. The Morgan fingerprint density at radius 2 is 2.38 bits per heavy atom. The third kappa shape index (κ3) is 1.34. The van der Waals surface area contributed by atoms with Gasteiger partial charge in [-0.25, -0.2) is 0 Å². The minimum atomic E-state index is 0. The highest BCUT2D eigenvalue weighted by Crippen LogP contribution is 2.09. The van der Waals surface area contributed by atoms with Crippen molar-refractivity contribution in [2.75, 3.05) is 13.2 Å². The van der Waals surface area contributed by atoms with Gasteiger partial charge in [-0.3, -0.25) is 0 Å². The van der Waals surface area contributed by atoms with Gasteiger partial charge in [-0.2, -0.15) is 0 Å². The van der Waals surface area contributed by atoms with Crippen molar-refractivity contribution in [1.29, 1.82) is 0 Å². The van der Waals surface area contributed by atoms with Crippen molar-refractivity contribution in [2.24, 2.45) is 5.92 Å². The molecule has 8 heavy (non-hydrogen) atoms. The molecule has 2 atom stereocenters. The summed E-state index contributed by atoms with van der Waals surface area (Å²) in [6.45, 7) is 3.50. The van der Waals surface area contributed by atoms with E-state index >= 15 is 0 Å². The van der Waals surface area contributed by atoms with Gasteiger partial charge in [-0.05, 0) is 12.5 Å². The van der Waals surface area contributed by atoms with Crippen molar-refractivity contribution in [3.05, 3.63) is 0 Å². The van der Waals surface area contributed by atoms with Crippen LogP contribution in [0, 0.1) is 5.92 Å². The van der Waals surface area contributed by atoms with E-state index in [1.807, 2.05) is 0 Å². The van der Waals surface area contributed by atoms with Crippen molar-refractivity contribution >= 4 is 12.4 Å². The van der Waals surface area contributed by atoms with Crippen molar-refractivity contribution in [3.8, 4) is 0 Å². The molecule has 0 aliphatic carbocycles. The molecule has 0 amide bonds. The zero-order valence-electron chi connectivity index (χ0n) is 4.92. The molecule has 0 saturated carbocycles. The Morgan fingerprint density at radius 3 is 2.38 bits per heavy atom. The average Bonchev–Trinajstić information content (AvgIpc) is 1.65. The normalized spacial score (nSPS) is 35.2. The van der Waals surface area contributed by atoms with E-state index in [0.29, 0.717) is 18.6 Å². The van der Waals surface area contributed by atoms with Crippen LogP contribution in [0.1, 0.15) is 6.92 Å². The molecule has 1 fully saturated rings. The molecule has 2 unspecified atom stereocenters. The minimum absolute atomic E-state index is 0. The molecule has 1 saturated heterocycles. The Morgan fingerprint density at radius 1 is 1.75 bits per heavy atom. The molecule has 2 N–H and O–H groups in total. The summed E-state index contributed by atoms with van der Waals surface area (Å²) in [4.78, 5) is 0. The Balaban J connectivity index is 0.000000490. The fourth-order valence-electron chi connectivity index (χ4n) is 0.765. The van der Waals surface area contributed by atoms with Crippen LogP contribution in [0.2, 0.25) is 0 Å². The van der Waals surface area contributed by atoms with Gasteiger partial charge < -0.3 is 10.4 Å². The molecule has 1 heterocycles. The van der Waals surface area contributed by atoms with Crippen LogP contribution in [0.5, 0.6) is 0 Å². The predicted octanol–water partition coefficient (Wildman–Crippen LogP) is 0.00840. The van der Waals surface area contributed by atoms with Crippen LogP contribution in [0.3, 0.4) is 0 Å².